The largest absolute Gasteiger partial charge is 0.466 e. The van der Waals surface area contributed by atoms with Gasteiger partial charge in [-0.1, -0.05) is 30.3 Å². The standard InChI is InChI=1S/C16H23NO4/c1-2-21-16(19)10-9-15(18)17-11-6-12-20-13-14-7-4-3-5-8-14/h3-5,7-8H,2,6,9-13H2,1H3,(H,17,18). The smallest absolute Gasteiger partial charge is 0.306 e. The summed E-state index contributed by atoms with van der Waals surface area (Å²) in [5.74, 6) is -0.468. The first kappa shape index (κ1) is 17.2. The van der Waals surface area contributed by atoms with E-state index in [1.165, 1.54) is 0 Å². The van der Waals surface area contributed by atoms with Crippen LogP contribution in [-0.4, -0.2) is 31.6 Å². The maximum atomic E-state index is 11.4. The van der Waals surface area contributed by atoms with Crippen LogP contribution >= 0.6 is 0 Å². The average molecular weight is 293 g/mol. The van der Waals surface area contributed by atoms with Gasteiger partial charge in [-0.15, -0.1) is 0 Å². The highest BCUT2D eigenvalue weighted by molar-refractivity contribution is 5.81. The Kier molecular flexibility index (Phi) is 8.88. The SMILES string of the molecule is CCOC(=O)CCC(=O)NCCCOCc1ccccc1. The Morgan fingerprint density at radius 2 is 1.90 bits per heavy atom. The van der Waals surface area contributed by atoms with Gasteiger partial charge in [0.25, 0.3) is 0 Å². The third kappa shape index (κ3) is 8.81. The van der Waals surface area contributed by atoms with E-state index in [1.807, 2.05) is 30.3 Å². The molecule has 0 heterocycles. The molecule has 21 heavy (non-hydrogen) atoms. The Balaban J connectivity index is 1.96. The molecule has 0 aromatic heterocycles. The van der Waals surface area contributed by atoms with E-state index in [1.54, 1.807) is 6.92 Å². The van der Waals surface area contributed by atoms with Crippen molar-refractivity contribution in [3.8, 4) is 0 Å². The Bertz CT molecular complexity index is 420. The molecule has 1 aromatic rings. The molecule has 0 spiro atoms. The Morgan fingerprint density at radius 1 is 1.14 bits per heavy atom. The molecule has 0 aliphatic heterocycles. The van der Waals surface area contributed by atoms with E-state index in [-0.39, 0.29) is 24.7 Å². The zero-order valence-electron chi connectivity index (χ0n) is 12.5. The van der Waals surface area contributed by atoms with Crippen LogP contribution in [-0.2, 0) is 25.7 Å². The Labute approximate surface area is 125 Å². The minimum Gasteiger partial charge on any atom is -0.466 e. The predicted octanol–water partition coefficient (Wildman–Crippen LogP) is 2.05. The lowest BCUT2D eigenvalue weighted by molar-refractivity contribution is -0.144. The number of amides is 1. The van der Waals surface area contributed by atoms with Crippen molar-refractivity contribution in [2.24, 2.45) is 0 Å². The van der Waals surface area contributed by atoms with Gasteiger partial charge in [-0.05, 0) is 18.9 Å². The fourth-order valence-corrected chi connectivity index (χ4v) is 1.70. The highest BCUT2D eigenvalue weighted by Crippen LogP contribution is 2.00. The predicted molar refractivity (Wildman–Crippen MR) is 79.6 cm³/mol. The monoisotopic (exact) mass is 293 g/mol. The van der Waals surface area contributed by atoms with Gasteiger partial charge >= 0.3 is 5.97 Å². The van der Waals surface area contributed by atoms with Crippen LogP contribution in [0.15, 0.2) is 30.3 Å². The molecule has 0 unspecified atom stereocenters. The molecule has 0 bridgehead atoms. The summed E-state index contributed by atoms with van der Waals surface area (Å²) >= 11 is 0. The number of ether oxygens (including phenoxy) is 2. The summed E-state index contributed by atoms with van der Waals surface area (Å²) in [6.45, 7) is 3.81. The molecule has 0 aliphatic carbocycles. The van der Waals surface area contributed by atoms with Crippen molar-refractivity contribution in [3.05, 3.63) is 35.9 Å². The first-order valence-corrected chi connectivity index (χ1v) is 7.26. The first-order valence-electron chi connectivity index (χ1n) is 7.26. The van der Waals surface area contributed by atoms with Crippen LogP contribution in [0.3, 0.4) is 0 Å². The molecule has 0 aliphatic rings. The van der Waals surface area contributed by atoms with Crippen molar-refractivity contribution in [2.75, 3.05) is 19.8 Å². The van der Waals surface area contributed by atoms with Crippen molar-refractivity contribution < 1.29 is 19.1 Å². The number of esters is 1. The lowest BCUT2D eigenvalue weighted by Gasteiger charge is -2.06. The molecule has 116 valence electrons. The van der Waals surface area contributed by atoms with Crippen LogP contribution in [0.1, 0.15) is 31.7 Å². The topological polar surface area (TPSA) is 64.6 Å². The highest BCUT2D eigenvalue weighted by Gasteiger charge is 2.06. The molecule has 0 saturated heterocycles. The van der Waals surface area contributed by atoms with Gasteiger partial charge in [0.1, 0.15) is 0 Å². The van der Waals surface area contributed by atoms with Crippen molar-refractivity contribution >= 4 is 11.9 Å². The van der Waals surface area contributed by atoms with Crippen LogP contribution in [0.5, 0.6) is 0 Å². The van der Waals surface area contributed by atoms with Crippen LogP contribution < -0.4 is 5.32 Å². The number of nitrogens with one attached hydrogen (secondary N) is 1. The Morgan fingerprint density at radius 3 is 2.62 bits per heavy atom. The van der Waals surface area contributed by atoms with Gasteiger partial charge in [0, 0.05) is 19.6 Å². The van der Waals surface area contributed by atoms with Gasteiger partial charge in [-0.2, -0.15) is 0 Å². The number of hydrogen-bond donors (Lipinski definition) is 1. The summed E-state index contributed by atoms with van der Waals surface area (Å²) in [6, 6.07) is 9.94. The number of benzene rings is 1. The molecular weight excluding hydrogens is 270 g/mol. The van der Waals surface area contributed by atoms with E-state index >= 15 is 0 Å². The number of rotatable bonds is 10. The minimum absolute atomic E-state index is 0.129. The Hall–Kier alpha value is -1.88. The summed E-state index contributed by atoms with van der Waals surface area (Å²) in [5.41, 5.74) is 1.14. The normalized spacial score (nSPS) is 10.1. The molecule has 0 radical (unpaired) electrons. The quantitative estimate of drug-likeness (QED) is 0.530. The van der Waals surface area contributed by atoms with E-state index in [9.17, 15) is 9.59 Å². The molecule has 5 nitrogen and oxygen atoms in total. The molecule has 0 atom stereocenters. The molecule has 1 amide bonds. The van der Waals surface area contributed by atoms with E-state index in [0.29, 0.717) is 26.4 Å². The molecule has 0 fully saturated rings. The summed E-state index contributed by atoms with van der Waals surface area (Å²) in [6.07, 6.45) is 1.05. The minimum atomic E-state index is -0.334. The van der Waals surface area contributed by atoms with Crippen LogP contribution in [0, 0.1) is 0 Å². The lowest BCUT2D eigenvalue weighted by atomic mass is 10.2. The van der Waals surface area contributed by atoms with Crippen molar-refractivity contribution in [1.29, 1.82) is 0 Å². The second kappa shape index (κ2) is 10.9. The second-order valence-corrected chi connectivity index (χ2v) is 4.55. The summed E-state index contributed by atoms with van der Waals surface area (Å²) in [4.78, 5) is 22.5. The van der Waals surface area contributed by atoms with Gasteiger partial charge in [0.15, 0.2) is 0 Å². The molecule has 5 heteroatoms. The highest BCUT2D eigenvalue weighted by atomic mass is 16.5. The maximum Gasteiger partial charge on any atom is 0.306 e. The van der Waals surface area contributed by atoms with Gasteiger partial charge in [0.2, 0.25) is 5.91 Å². The van der Waals surface area contributed by atoms with Gasteiger partial charge in [-0.3, -0.25) is 9.59 Å². The van der Waals surface area contributed by atoms with Crippen LogP contribution in [0.25, 0.3) is 0 Å². The van der Waals surface area contributed by atoms with Crippen molar-refractivity contribution in [1.82, 2.24) is 5.32 Å². The summed E-state index contributed by atoms with van der Waals surface area (Å²) in [7, 11) is 0. The zero-order chi connectivity index (χ0) is 15.3. The lowest BCUT2D eigenvalue weighted by Crippen LogP contribution is -2.25. The molecule has 0 saturated carbocycles. The van der Waals surface area contributed by atoms with E-state index < -0.39 is 0 Å². The summed E-state index contributed by atoms with van der Waals surface area (Å²) in [5, 5.41) is 2.75. The fraction of sp³-hybridized carbons (Fsp3) is 0.500. The maximum absolute atomic E-state index is 11.4. The molecule has 1 rings (SSSR count). The molecule has 1 aromatic carbocycles. The van der Waals surface area contributed by atoms with Gasteiger partial charge in [0.05, 0.1) is 19.6 Å². The van der Waals surface area contributed by atoms with Crippen molar-refractivity contribution in [2.45, 2.75) is 32.8 Å². The van der Waals surface area contributed by atoms with Crippen molar-refractivity contribution in [3.63, 3.8) is 0 Å². The number of hydrogen-bond acceptors (Lipinski definition) is 4. The summed E-state index contributed by atoms with van der Waals surface area (Å²) < 4.78 is 10.3. The third-order valence-corrected chi connectivity index (χ3v) is 2.76. The first-order chi connectivity index (χ1) is 10.2. The third-order valence-electron chi connectivity index (χ3n) is 2.76. The number of carbonyl (C=O) groups is 2. The van der Waals surface area contributed by atoms with Crippen LogP contribution in [0.4, 0.5) is 0 Å². The number of carbonyl (C=O) groups excluding carboxylic acids is 2. The average Bonchev–Trinajstić information content (AvgIpc) is 2.50. The van der Waals surface area contributed by atoms with E-state index in [0.717, 1.165) is 12.0 Å². The van der Waals surface area contributed by atoms with Gasteiger partial charge in [-0.25, -0.2) is 0 Å². The van der Waals surface area contributed by atoms with Crippen LogP contribution in [0.2, 0.25) is 0 Å². The fourth-order valence-electron chi connectivity index (χ4n) is 1.70. The van der Waals surface area contributed by atoms with E-state index in [4.69, 9.17) is 9.47 Å². The second-order valence-electron chi connectivity index (χ2n) is 4.55. The van der Waals surface area contributed by atoms with E-state index in [2.05, 4.69) is 5.32 Å². The van der Waals surface area contributed by atoms with Gasteiger partial charge < -0.3 is 14.8 Å². The zero-order valence-corrected chi connectivity index (χ0v) is 12.5. The molecular formula is C16H23NO4. The molecule has 1 N–H and O–H groups in total.